The summed E-state index contributed by atoms with van der Waals surface area (Å²) in [6.45, 7) is 3.41. The Kier molecular flexibility index (Phi) is 7.64. The Hall–Kier alpha value is -1.67. The summed E-state index contributed by atoms with van der Waals surface area (Å²) in [6.07, 6.45) is 1.57. The summed E-state index contributed by atoms with van der Waals surface area (Å²) < 4.78 is 30.2. The molecule has 138 valence electrons. The number of amides is 1. The van der Waals surface area contributed by atoms with E-state index in [0.717, 1.165) is 19.4 Å². The molecule has 8 heteroatoms. The average Bonchev–Trinajstić information content (AvgIpc) is 2.56. The first-order valence-electron chi connectivity index (χ1n) is 8.22. The highest BCUT2D eigenvalue weighted by Gasteiger charge is 2.27. The number of benzene rings is 1. The zero-order chi connectivity index (χ0) is 18.2. The molecule has 0 aliphatic carbocycles. The molecule has 0 saturated carbocycles. The maximum atomic E-state index is 12.6. The number of carbonyl (C=O) groups is 2. The van der Waals surface area contributed by atoms with Gasteiger partial charge in [-0.05, 0) is 38.4 Å². The van der Waals surface area contributed by atoms with Gasteiger partial charge in [-0.15, -0.1) is 0 Å². The Morgan fingerprint density at radius 3 is 2.88 bits per heavy atom. The van der Waals surface area contributed by atoms with Crippen molar-refractivity contribution in [3.05, 3.63) is 24.3 Å². The summed E-state index contributed by atoms with van der Waals surface area (Å²) in [7, 11) is 0. The maximum Gasteiger partial charge on any atom is 0.310 e. The molecular formula is C17H22F2N2O3S. The van der Waals surface area contributed by atoms with Crippen LogP contribution in [-0.2, 0) is 14.3 Å². The molecule has 5 nitrogen and oxygen atoms in total. The lowest BCUT2D eigenvalue weighted by molar-refractivity contribution is -0.150. The summed E-state index contributed by atoms with van der Waals surface area (Å²) in [5.74, 6) is -3.29. The molecular weight excluding hydrogens is 350 g/mol. The third-order valence-corrected chi connectivity index (χ3v) is 4.66. The van der Waals surface area contributed by atoms with Gasteiger partial charge in [0.05, 0.1) is 24.8 Å². The van der Waals surface area contributed by atoms with E-state index in [2.05, 4.69) is 5.32 Å². The van der Waals surface area contributed by atoms with E-state index in [-0.39, 0.29) is 24.3 Å². The van der Waals surface area contributed by atoms with Crippen LogP contribution in [0.25, 0.3) is 0 Å². The van der Waals surface area contributed by atoms with Crippen molar-refractivity contribution in [3.63, 3.8) is 0 Å². The van der Waals surface area contributed by atoms with Crippen molar-refractivity contribution < 1.29 is 23.1 Å². The highest BCUT2D eigenvalue weighted by molar-refractivity contribution is 7.99. The third-order valence-electron chi connectivity index (χ3n) is 3.87. The van der Waals surface area contributed by atoms with E-state index >= 15 is 0 Å². The van der Waals surface area contributed by atoms with Gasteiger partial charge in [-0.25, -0.2) is 0 Å². The first-order valence-corrected chi connectivity index (χ1v) is 9.10. The van der Waals surface area contributed by atoms with Crippen molar-refractivity contribution in [2.75, 3.05) is 31.6 Å². The minimum Gasteiger partial charge on any atom is -0.466 e. The smallest absolute Gasteiger partial charge is 0.310 e. The van der Waals surface area contributed by atoms with Crippen LogP contribution in [0.4, 0.5) is 14.5 Å². The molecule has 25 heavy (non-hydrogen) atoms. The van der Waals surface area contributed by atoms with Gasteiger partial charge in [0.15, 0.2) is 0 Å². The van der Waals surface area contributed by atoms with Crippen LogP contribution in [0, 0.1) is 5.92 Å². The van der Waals surface area contributed by atoms with Crippen LogP contribution < -0.4 is 5.32 Å². The predicted octanol–water partition coefficient (Wildman–Crippen LogP) is 3.21. The SMILES string of the molecule is CCOC(=O)[C@@H]1CCCN(CC(=O)Nc2ccccc2SC(F)F)C1. The molecule has 1 aliphatic rings. The summed E-state index contributed by atoms with van der Waals surface area (Å²) in [5.41, 5.74) is 0.372. The van der Waals surface area contributed by atoms with E-state index in [4.69, 9.17) is 4.74 Å². The number of hydrogen-bond donors (Lipinski definition) is 1. The summed E-state index contributed by atoms with van der Waals surface area (Å²) in [6, 6.07) is 6.47. The molecule has 0 bridgehead atoms. The normalized spacial score (nSPS) is 18.2. The molecule has 1 saturated heterocycles. The van der Waals surface area contributed by atoms with Gasteiger partial charge in [0.25, 0.3) is 5.76 Å². The number of likely N-dealkylation sites (tertiary alicyclic amines) is 1. The van der Waals surface area contributed by atoms with Gasteiger partial charge < -0.3 is 10.1 Å². The highest BCUT2D eigenvalue weighted by atomic mass is 32.2. The van der Waals surface area contributed by atoms with E-state index in [0.29, 0.717) is 35.5 Å². The lowest BCUT2D eigenvalue weighted by atomic mass is 9.98. The van der Waals surface area contributed by atoms with E-state index < -0.39 is 5.76 Å². The van der Waals surface area contributed by atoms with Crippen molar-refractivity contribution in [2.45, 2.75) is 30.4 Å². The van der Waals surface area contributed by atoms with Crippen molar-refractivity contribution in [1.82, 2.24) is 4.90 Å². The molecule has 1 atom stereocenters. The number of anilines is 1. The second-order valence-corrected chi connectivity index (χ2v) is 6.78. The van der Waals surface area contributed by atoms with Crippen LogP contribution >= 0.6 is 11.8 Å². The molecule has 1 heterocycles. The Labute approximate surface area is 150 Å². The van der Waals surface area contributed by atoms with Crippen LogP contribution in [0.5, 0.6) is 0 Å². The fraction of sp³-hybridized carbons (Fsp3) is 0.529. The molecule has 1 amide bonds. The number of alkyl halides is 2. The molecule has 1 N–H and O–H groups in total. The van der Waals surface area contributed by atoms with Crippen molar-refractivity contribution in [2.24, 2.45) is 5.92 Å². The lowest BCUT2D eigenvalue weighted by Gasteiger charge is -2.30. The molecule has 1 fully saturated rings. The van der Waals surface area contributed by atoms with E-state index in [1.807, 2.05) is 4.90 Å². The van der Waals surface area contributed by atoms with Gasteiger partial charge in [0, 0.05) is 11.4 Å². The first kappa shape index (κ1) is 19.7. The molecule has 0 aromatic heterocycles. The quantitative estimate of drug-likeness (QED) is 0.588. The number of halogens is 2. The van der Waals surface area contributed by atoms with Gasteiger partial charge in [-0.3, -0.25) is 14.5 Å². The fourth-order valence-corrected chi connectivity index (χ4v) is 3.41. The molecule has 2 rings (SSSR count). The summed E-state index contributed by atoms with van der Waals surface area (Å²) in [4.78, 5) is 26.3. The van der Waals surface area contributed by atoms with Crippen molar-refractivity contribution in [1.29, 1.82) is 0 Å². The van der Waals surface area contributed by atoms with Gasteiger partial charge in [-0.2, -0.15) is 8.78 Å². The minimum atomic E-state index is -2.55. The second kappa shape index (κ2) is 9.72. The summed E-state index contributed by atoms with van der Waals surface area (Å²) >= 11 is 0.400. The lowest BCUT2D eigenvalue weighted by Crippen LogP contribution is -2.43. The Morgan fingerprint density at radius 2 is 2.16 bits per heavy atom. The zero-order valence-corrected chi connectivity index (χ0v) is 14.9. The van der Waals surface area contributed by atoms with Crippen LogP contribution in [0.15, 0.2) is 29.2 Å². The van der Waals surface area contributed by atoms with Gasteiger partial charge >= 0.3 is 5.97 Å². The van der Waals surface area contributed by atoms with E-state index in [9.17, 15) is 18.4 Å². The number of ether oxygens (including phenoxy) is 1. The number of nitrogens with one attached hydrogen (secondary N) is 1. The molecule has 0 spiro atoms. The Morgan fingerprint density at radius 1 is 1.40 bits per heavy atom. The molecule has 0 unspecified atom stereocenters. The number of hydrogen-bond acceptors (Lipinski definition) is 5. The number of thioether (sulfide) groups is 1. The maximum absolute atomic E-state index is 12.6. The molecule has 1 aliphatic heterocycles. The average molecular weight is 372 g/mol. The van der Waals surface area contributed by atoms with Crippen LogP contribution in [0.1, 0.15) is 19.8 Å². The van der Waals surface area contributed by atoms with Crippen molar-refractivity contribution >= 4 is 29.3 Å². The molecule has 1 aromatic carbocycles. The fourth-order valence-electron chi connectivity index (χ4n) is 2.81. The van der Waals surface area contributed by atoms with Crippen LogP contribution in [0.2, 0.25) is 0 Å². The van der Waals surface area contributed by atoms with Crippen LogP contribution in [0.3, 0.4) is 0 Å². The number of esters is 1. The largest absolute Gasteiger partial charge is 0.466 e. The standard InChI is InChI=1S/C17H22F2N2O3S/c1-2-24-16(23)12-6-5-9-21(10-12)11-15(22)20-13-7-3-4-8-14(13)25-17(18)19/h3-4,7-8,12,17H,2,5-6,9-11H2,1H3,(H,20,22)/t12-/m1/s1. The number of piperidine rings is 1. The van der Waals surface area contributed by atoms with Crippen LogP contribution in [-0.4, -0.2) is 48.8 Å². The highest BCUT2D eigenvalue weighted by Crippen LogP contribution is 2.31. The third kappa shape index (κ3) is 6.28. The minimum absolute atomic E-state index is 0.115. The summed E-state index contributed by atoms with van der Waals surface area (Å²) in [5, 5.41) is 2.68. The number of carbonyl (C=O) groups excluding carboxylic acids is 2. The van der Waals surface area contributed by atoms with Gasteiger partial charge in [0.1, 0.15) is 0 Å². The van der Waals surface area contributed by atoms with Crippen molar-refractivity contribution in [3.8, 4) is 0 Å². The first-order chi connectivity index (χ1) is 12.0. The Bertz CT molecular complexity index is 601. The zero-order valence-electron chi connectivity index (χ0n) is 14.0. The number of nitrogens with zero attached hydrogens (tertiary/aromatic N) is 1. The molecule has 1 aromatic rings. The topological polar surface area (TPSA) is 58.6 Å². The van der Waals surface area contributed by atoms with Gasteiger partial charge in [-0.1, -0.05) is 23.9 Å². The Balaban J connectivity index is 1.91. The number of para-hydroxylation sites is 1. The van der Waals surface area contributed by atoms with E-state index in [1.165, 1.54) is 0 Å². The van der Waals surface area contributed by atoms with E-state index in [1.54, 1.807) is 31.2 Å². The molecule has 0 radical (unpaired) electrons. The predicted molar refractivity (Wildman–Crippen MR) is 92.7 cm³/mol. The number of rotatable bonds is 7. The monoisotopic (exact) mass is 372 g/mol. The second-order valence-electron chi connectivity index (χ2n) is 5.75. The van der Waals surface area contributed by atoms with Gasteiger partial charge in [0.2, 0.25) is 5.91 Å².